The van der Waals surface area contributed by atoms with Gasteiger partial charge in [0.2, 0.25) is 10.0 Å². The van der Waals surface area contributed by atoms with Crippen LogP contribution in [0.2, 0.25) is 0 Å². The molecule has 0 unspecified atom stereocenters. The first-order chi connectivity index (χ1) is 11.7. The molecular formula is C16H22N4O4S. The second-order valence-electron chi connectivity index (χ2n) is 5.76. The summed E-state index contributed by atoms with van der Waals surface area (Å²) >= 11 is 0. The highest BCUT2D eigenvalue weighted by atomic mass is 32.2. The smallest absolute Gasteiger partial charge is 0.330 e. The normalized spacial score (nSPS) is 11.5. The lowest BCUT2D eigenvalue weighted by atomic mass is 10.3. The number of nitrogens with zero attached hydrogens (tertiary/aromatic N) is 3. The number of sulfonamides is 1. The molecule has 0 fully saturated rings. The molecule has 0 aliphatic heterocycles. The molecule has 25 heavy (non-hydrogen) atoms. The number of anilines is 1. The van der Waals surface area contributed by atoms with Crippen molar-refractivity contribution in [1.82, 2.24) is 13.9 Å². The first kappa shape index (κ1) is 18.9. The van der Waals surface area contributed by atoms with E-state index in [0.717, 1.165) is 21.0 Å². The Labute approximate surface area is 146 Å². The van der Waals surface area contributed by atoms with Crippen LogP contribution < -0.4 is 20.9 Å². The van der Waals surface area contributed by atoms with Gasteiger partial charge in [0.15, 0.2) is 4.90 Å². The van der Waals surface area contributed by atoms with E-state index in [0.29, 0.717) is 13.0 Å². The summed E-state index contributed by atoms with van der Waals surface area (Å²) in [7, 11) is 0.593. The van der Waals surface area contributed by atoms with Crippen LogP contribution in [0.25, 0.3) is 0 Å². The highest BCUT2D eigenvalue weighted by molar-refractivity contribution is 7.89. The standard InChI is InChI=1S/C16H22N4O4S/c1-18(13-8-5-4-6-9-13)11-7-10-17-25(23,24)14-12-19(2)16(22)20(3)15(14)21/h4-6,8-9,12,17H,7,10-11H2,1-3H3. The molecule has 1 aromatic heterocycles. The number of nitrogens with one attached hydrogen (secondary N) is 1. The van der Waals surface area contributed by atoms with Gasteiger partial charge in [-0.15, -0.1) is 0 Å². The number of aromatic nitrogens is 2. The van der Waals surface area contributed by atoms with Gasteiger partial charge in [0.1, 0.15) is 0 Å². The van der Waals surface area contributed by atoms with E-state index in [-0.39, 0.29) is 6.54 Å². The van der Waals surface area contributed by atoms with Gasteiger partial charge in [-0.05, 0) is 18.6 Å². The Morgan fingerprint density at radius 3 is 2.40 bits per heavy atom. The van der Waals surface area contributed by atoms with Crippen LogP contribution in [0, 0.1) is 0 Å². The molecule has 9 heteroatoms. The minimum atomic E-state index is -3.98. The molecule has 0 aliphatic rings. The molecule has 0 saturated carbocycles. The van der Waals surface area contributed by atoms with Gasteiger partial charge in [-0.2, -0.15) is 0 Å². The molecule has 1 N–H and O–H groups in total. The summed E-state index contributed by atoms with van der Waals surface area (Å²) in [5.41, 5.74) is -0.372. The minimum absolute atomic E-state index is 0.186. The minimum Gasteiger partial charge on any atom is -0.375 e. The van der Waals surface area contributed by atoms with Crippen molar-refractivity contribution < 1.29 is 8.42 Å². The van der Waals surface area contributed by atoms with Gasteiger partial charge in [-0.25, -0.2) is 17.9 Å². The largest absolute Gasteiger partial charge is 0.375 e. The summed E-state index contributed by atoms with van der Waals surface area (Å²) in [5, 5.41) is 0. The number of rotatable bonds is 7. The number of aryl methyl sites for hydroxylation is 1. The van der Waals surface area contributed by atoms with E-state index < -0.39 is 26.2 Å². The fraction of sp³-hybridized carbons (Fsp3) is 0.375. The van der Waals surface area contributed by atoms with Crippen molar-refractivity contribution in [3.63, 3.8) is 0 Å². The van der Waals surface area contributed by atoms with Gasteiger partial charge in [0.05, 0.1) is 0 Å². The summed E-state index contributed by atoms with van der Waals surface area (Å²) in [5.74, 6) is 0. The third-order valence-electron chi connectivity index (χ3n) is 3.86. The zero-order valence-corrected chi connectivity index (χ0v) is 15.3. The summed E-state index contributed by atoms with van der Waals surface area (Å²) in [6.45, 7) is 0.837. The van der Waals surface area contributed by atoms with Gasteiger partial charge in [-0.3, -0.25) is 9.36 Å². The zero-order valence-electron chi connectivity index (χ0n) is 14.5. The zero-order chi connectivity index (χ0) is 18.6. The van der Waals surface area contributed by atoms with Crippen molar-refractivity contribution in [2.75, 3.05) is 25.0 Å². The molecule has 0 radical (unpaired) electrons. The van der Waals surface area contributed by atoms with Crippen molar-refractivity contribution in [2.24, 2.45) is 14.1 Å². The van der Waals surface area contributed by atoms with Crippen molar-refractivity contribution in [1.29, 1.82) is 0 Å². The average Bonchev–Trinajstić information content (AvgIpc) is 2.60. The van der Waals surface area contributed by atoms with Gasteiger partial charge in [0.25, 0.3) is 5.56 Å². The molecule has 136 valence electrons. The van der Waals surface area contributed by atoms with Crippen LogP contribution >= 0.6 is 0 Å². The molecule has 2 aromatic rings. The van der Waals surface area contributed by atoms with E-state index in [2.05, 4.69) is 4.72 Å². The Kier molecular flexibility index (Phi) is 5.81. The third-order valence-corrected chi connectivity index (χ3v) is 5.31. The van der Waals surface area contributed by atoms with Gasteiger partial charge in [0, 0.05) is 46.1 Å². The average molecular weight is 366 g/mol. The molecule has 0 spiro atoms. The first-order valence-electron chi connectivity index (χ1n) is 7.76. The molecule has 0 amide bonds. The molecular weight excluding hydrogens is 344 g/mol. The second kappa shape index (κ2) is 7.66. The number of para-hydroxylation sites is 1. The Hall–Kier alpha value is -2.39. The molecule has 8 nitrogen and oxygen atoms in total. The predicted molar refractivity (Wildman–Crippen MR) is 96.4 cm³/mol. The number of hydrogen-bond donors (Lipinski definition) is 1. The Bertz CT molecular complexity index is 948. The molecule has 0 saturated heterocycles. The predicted octanol–water partition coefficient (Wildman–Crippen LogP) is -0.111. The fourth-order valence-corrected chi connectivity index (χ4v) is 3.60. The van der Waals surface area contributed by atoms with Crippen LogP contribution in [0.15, 0.2) is 51.0 Å². The number of hydrogen-bond acceptors (Lipinski definition) is 5. The van der Waals surface area contributed by atoms with Crippen molar-refractivity contribution >= 4 is 15.7 Å². The SMILES string of the molecule is CN(CCCNS(=O)(=O)c1cn(C)c(=O)n(C)c1=O)c1ccccc1. The highest BCUT2D eigenvalue weighted by Gasteiger charge is 2.20. The molecule has 0 atom stereocenters. The lowest BCUT2D eigenvalue weighted by molar-refractivity contribution is 0.568. The maximum absolute atomic E-state index is 12.3. The maximum Gasteiger partial charge on any atom is 0.330 e. The van der Waals surface area contributed by atoms with Crippen LogP contribution in [0.3, 0.4) is 0 Å². The van der Waals surface area contributed by atoms with Crippen LogP contribution in [0.4, 0.5) is 5.69 Å². The lowest BCUT2D eigenvalue weighted by Crippen LogP contribution is -2.41. The van der Waals surface area contributed by atoms with Crippen LogP contribution in [0.5, 0.6) is 0 Å². The molecule has 2 rings (SSSR count). The van der Waals surface area contributed by atoms with Gasteiger partial charge < -0.3 is 9.47 Å². The van der Waals surface area contributed by atoms with Crippen molar-refractivity contribution in [2.45, 2.75) is 11.3 Å². The molecule has 0 aliphatic carbocycles. The maximum atomic E-state index is 12.3. The molecule has 1 aromatic carbocycles. The monoisotopic (exact) mass is 366 g/mol. The van der Waals surface area contributed by atoms with E-state index in [9.17, 15) is 18.0 Å². The van der Waals surface area contributed by atoms with E-state index >= 15 is 0 Å². The number of benzene rings is 1. The summed E-state index contributed by atoms with van der Waals surface area (Å²) in [4.78, 5) is 25.3. The third kappa shape index (κ3) is 4.37. The van der Waals surface area contributed by atoms with E-state index in [1.54, 1.807) is 0 Å². The van der Waals surface area contributed by atoms with Crippen LogP contribution in [-0.4, -0.2) is 37.7 Å². The lowest BCUT2D eigenvalue weighted by Gasteiger charge is -2.19. The Balaban J connectivity index is 2.01. The molecule has 0 bridgehead atoms. The van der Waals surface area contributed by atoms with E-state index in [1.807, 2.05) is 42.3 Å². The Morgan fingerprint density at radius 2 is 1.76 bits per heavy atom. The van der Waals surface area contributed by atoms with E-state index in [4.69, 9.17) is 0 Å². The summed E-state index contributed by atoms with van der Waals surface area (Å²) in [6, 6.07) is 9.74. The Morgan fingerprint density at radius 1 is 1.12 bits per heavy atom. The van der Waals surface area contributed by atoms with Crippen LogP contribution in [0.1, 0.15) is 6.42 Å². The van der Waals surface area contributed by atoms with Crippen molar-refractivity contribution in [3.05, 3.63) is 57.4 Å². The quantitative estimate of drug-likeness (QED) is 0.690. The summed E-state index contributed by atoms with van der Waals surface area (Å²) < 4.78 is 28.9. The topological polar surface area (TPSA) is 93.4 Å². The first-order valence-corrected chi connectivity index (χ1v) is 9.25. The second-order valence-corrected chi connectivity index (χ2v) is 7.49. The highest BCUT2D eigenvalue weighted by Crippen LogP contribution is 2.10. The van der Waals surface area contributed by atoms with Gasteiger partial charge >= 0.3 is 5.69 Å². The fourth-order valence-electron chi connectivity index (χ4n) is 2.37. The van der Waals surface area contributed by atoms with E-state index in [1.165, 1.54) is 14.1 Å². The molecule has 1 heterocycles. The van der Waals surface area contributed by atoms with Crippen LogP contribution in [-0.2, 0) is 24.1 Å². The summed E-state index contributed by atoms with van der Waals surface area (Å²) in [6.07, 6.45) is 1.61. The van der Waals surface area contributed by atoms with Crippen molar-refractivity contribution in [3.8, 4) is 0 Å². The van der Waals surface area contributed by atoms with Gasteiger partial charge in [-0.1, -0.05) is 18.2 Å².